The Balaban J connectivity index is 1.65. The van der Waals surface area contributed by atoms with Crippen molar-refractivity contribution >= 4 is 11.6 Å². The van der Waals surface area contributed by atoms with Crippen molar-refractivity contribution in [2.45, 2.75) is 44.9 Å². The molecule has 0 bridgehead atoms. The Kier molecular flexibility index (Phi) is 4.88. The zero-order chi connectivity index (χ0) is 14.7. The van der Waals surface area contributed by atoms with Crippen molar-refractivity contribution in [3.05, 3.63) is 22.7 Å². The van der Waals surface area contributed by atoms with E-state index < -0.39 is 0 Å². The fourth-order valence-electron chi connectivity index (χ4n) is 2.83. The van der Waals surface area contributed by atoms with E-state index in [4.69, 9.17) is 25.8 Å². The van der Waals surface area contributed by atoms with E-state index in [1.807, 2.05) is 12.1 Å². The second-order valence-corrected chi connectivity index (χ2v) is 6.15. The molecule has 2 aliphatic heterocycles. The zero-order valence-electron chi connectivity index (χ0n) is 12.4. The molecule has 2 unspecified atom stereocenters. The molecule has 2 aliphatic rings. The summed E-state index contributed by atoms with van der Waals surface area (Å²) in [5.41, 5.74) is 1.13. The van der Waals surface area contributed by atoms with Crippen LogP contribution in [0.15, 0.2) is 12.1 Å². The first-order valence-electron chi connectivity index (χ1n) is 7.65. The highest BCUT2D eigenvalue weighted by Crippen LogP contribution is 2.38. The third-order valence-corrected chi connectivity index (χ3v) is 4.22. The Morgan fingerprint density at radius 3 is 2.95 bits per heavy atom. The SMILES string of the molecule is CC1CC(NCc2cc(Cl)c3c(c2)OCCCO3)CCO1. The third kappa shape index (κ3) is 3.82. The Hall–Kier alpha value is -0.970. The fraction of sp³-hybridized carbons (Fsp3) is 0.625. The Morgan fingerprint density at radius 2 is 2.10 bits per heavy atom. The fourth-order valence-corrected chi connectivity index (χ4v) is 3.12. The molecule has 5 heteroatoms. The summed E-state index contributed by atoms with van der Waals surface area (Å²) in [6, 6.07) is 4.50. The topological polar surface area (TPSA) is 39.7 Å². The number of halogens is 1. The average Bonchev–Trinajstić information content (AvgIpc) is 2.71. The number of ether oxygens (including phenoxy) is 3. The molecule has 0 aliphatic carbocycles. The maximum absolute atomic E-state index is 6.31. The van der Waals surface area contributed by atoms with Gasteiger partial charge in [0.05, 0.1) is 24.3 Å². The summed E-state index contributed by atoms with van der Waals surface area (Å²) in [5.74, 6) is 1.44. The molecule has 21 heavy (non-hydrogen) atoms. The molecule has 0 saturated carbocycles. The van der Waals surface area contributed by atoms with Crippen LogP contribution < -0.4 is 14.8 Å². The Labute approximate surface area is 130 Å². The predicted octanol–water partition coefficient (Wildman–Crippen LogP) is 3.16. The van der Waals surface area contributed by atoms with Gasteiger partial charge in [-0.1, -0.05) is 11.6 Å². The number of rotatable bonds is 3. The monoisotopic (exact) mass is 311 g/mol. The van der Waals surface area contributed by atoms with E-state index >= 15 is 0 Å². The standard InChI is InChI=1S/C16H22ClNO3/c1-11-7-13(3-6-19-11)18-10-12-8-14(17)16-15(9-12)20-4-2-5-21-16/h8-9,11,13,18H,2-7,10H2,1H3. The van der Waals surface area contributed by atoms with Crippen LogP contribution in [-0.2, 0) is 11.3 Å². The first-order valence-corrected chi connectivity index (χ1v) is 8.03. The van der Waals surface area contributed by atoms with Gasteiger partial charge in [0.15, 0.2) is 11.5 Å². The summed E-state index contributed by atoms with van der Waals surface area (Å²) < 4.78 is 16.9. The molecule has 1 aromatic rings. The normalized spacial score (nSPS) is 25.4. The van der Waals surface area contributed by atoms with Crippen molar-refractivity contribution in [3.8, 4) is 11.5 Å². The van der Waals surface area contributed by atoms with Gasteiger partial charge in [0.25, 0.3) is 0 Å². The Morgan fingerprint density at radius 1 is 1.24 bits per heavy atom. The highest BCUT2D eigenvalue weighted by atomic mass is 35.5. The molecule has 3 rings (SSSR count). The first-order chi connectivity index (χ1) is 10.2. The number of benzene rings is 1. The summed E-state index contributed by atoms with van der Waals surface area (Å²) >= 11 is 6.31. The second-order valence-electron chi connectivity index (χ2n) is 5.74. The highest BCUT2D eigenvalue weighted by Gasteiger charge is 2.20. The summed E-state index contributed by atoms with van der Waals surface area (Å²) in [6.07, 6.45) is 3.34. The number of fused-ring (bicyclic) bond motifs is 1. The van der Waals surface area contributed by atoms with Gasteiger partial charge < -0.3 is 19.5 Å². The molecule has 2 atom stereocenters. The van der Waals surface area contributed by atoms with Gasteiger partial charge in [-0.25, -0.2) is 0 Å². The molecule has 1 saturated heterocycles. The Bertz CT molecular complexity index is 495. The van der Waals surface area contributed by atoms with Gasteiger partial charge in [-0.15, -0.1) is 0 Å². The maximum Gasteiger partial charge on any atom is 0.179 e. The summed E-state index contributed by atoms with van der Waals surface area (Å²) in [6.45, 7) is 5.08. The van der Waals surface area contributed by atoms with E-state index in [2.05, 4.69) is 12.2 Å². The molecule has 0 radical (unpaired) electrons. The van der Waals surface area contributed by atoms with Crippen LogP contribution in [0, 0.1) is 0 Å². The summed E-state index contributed by atoms with van der Waals surface area (Å²) in [7, 11) is 0. The highest BCUT2D eigenvalue weighted by molar-refractivity contribution is 6.32. The number of hydrogen-bond acceptors (Lipinski definition) is 4. The van der Waals surface area contributed by atoms with Crippen LogP contribution >= 0.6 is 11.6 Å². The molecule has 0 amide bonds. The minimum absolute atomic E-state index is 0.337. The van der Waals surface area contributed by atoms with Gasteiger partial charge in [-0.3, -0.25) is 0 Å². The lowest BCUT2D eigenvalue weighted by molar-refractivity contribution is 0.0130. The maximum atomic E-state index is 6.31. The lowest BCUT2D eigenvalue weighted by atomic mass is 10.0. The largest absolute Gasteiger partial charge is 0.489 e. The van der Waals surface area contributed by atoms with Crippen molar-refractivity contribution in [2.24, 2.45) is 0 Å². The minimum atomic E-state index is 0.337. The van der Waals surface area contributed by atoms with Crippen LogP contribution in [0.5, 0.6) is 11.5 Å². The number of hydrogen-bond donors (Lipinski definition) is 1. The van der Waals surface area contributed by atoms with Crippen molar-refractivity contribution < 1.29 is 14.2 Å². The lowest BCUT2D eigenvalue weighted by Gasteiger charge is -2.28. The van der Waals surface area contributed by atoms with Gasteiger partial charge >= 0.3 is 0 Å². The minimum Gasteiger partial charge on any atom is -0.489 e. The van der Waals surface area contributed by atoms with Crippen LogP contribution in [0.4, 0.5) is 0 Å². The lowest BCUT2D eigenvalue weighted by Crippen LogP contribution is -2.37. The van der Waals surface area contributed by atoms with E-state index in [1.165, 1.54) is 0 Å². The quantitative estimate of drug-likeness (QED) is 0.931. The van der Waals surface area contributed by atoms with Crippen LogP contribution in [0.25, 0.3) is 0 Å². The number of nitrogens with one attached hydrogen (secondary N) is 1. The molecule has 4 nitrogen and oxygen atoms in total. The first kappa shape index (κ1) is 14.9. The van der Waals surface area contributed by atoms with Gasteiger partial charge in [0.2, 0.25) is 0 Å². The smallest absolute Gasteiger partial charge is 0.179 e. The zero-order valence-corrected chi connectivity index (χ0v) is 13.1. The molecular formula is C16H22ClNO3. The van der Waals surface area contributed by atoms with Gasteiger partial charge in [-0.2, -0.15) is 0 Å². The van der Waals surface area contributed by atoms with E-state index in [-0.39, 0.29) is 0 Å². The summed E-state index contributed by atoms with van der Waals surface area (Å²) in [5, 5.41) is 4.21. The average molecular weight is 312 g/mol. The van der Waals surface area contributed by atoms with Crippen molar-refractivity contribution in [3.63, 3.8) is 0 Å². The van der Waals surface area contributed by atoms with E-state index in [0.717, 1.165) is 43.7 Å². The van der Waals surface area contributed by atoms with Gasteiger partial charge in [-0.05, 0) is 37.5 Å². The molecule has 0 spiro atoms. The second kappa shape index (κ2) is 6.86. The molecule has 1 fully saturated rings. The molecule has 0 aromatic heterocycles. The van der Waals surface area contributed by atoms with Crippen LogP contribution in [0.1, 0.15) is 31.7 Å². The van der Waals surface area contributed by atoms with Crippen molar-refractivity contribution in [2.75, 3.05) is 19.8 Å². The van der Waals surface area contributed by atoms with Crippen molar-refractivity contribution in [1.82, 2.24) is 5.32 Å². The molecule has 116 valence electrons. The molecule has 1 aromatic carbocycles. The van der Waals surface area contributed by atoms with E-state index in [1.54, 1.807) is 0 Å². The molecule has 1 N–H and O–H groups in total. The third-order valence-electron chi connectivity index (χ3n) is 3.94. The van der Waals surface area contributed by atoms with Crippen LogP contribution in [0.3, 0.4) is 0 Å². The summed E-state index contributed by atoms with van der Waals surface area (Å²) in [4.78, 5) is 0. The van der Waals surface area contributed by atoms with Crippen LogP contribution in [-0.4, -0.2) is 32.0 Å². The van der Waals surface area contributed by atoms with Crippen molar-refractivity contribution in [1.29, 1.82) is 0 Å². The van der Waals surface area contributed by atoms with E-state index in [0.29, 0.717) is 36.1 Å². The van der Waals surface area contributed by atoms with E-state index in [9.17, 15) is 0 Å². The predicted molar refractivity (Wildman–Crippen MR) is 82.3 cm³/mol. The molecular weight excluding hydrogens is 290 g/mol. The molecule has 2 heterocycles. The van der Waals surface area contributed by atoms with Gasteiger partial charge in [0.1, 0.15) is 0 Å². The van der Waals surface area contributed by atoms with Gasteiger partial charge in [0, 0.05) is 25.6 Å². The van der Waals surface area contributed by atoms with Crippen LogP contribution in [0.2, 0.25) is 5.02 Å².